The van der Waals surface area contributed by atoms with Crippen LogP contribution in [0.5, 0.6) is 0 Å². The minimum Gasteiger partial charge on any atom is -0.392 e. The lowest BCUT2D eigenvalue weighted by atomic mass is 10.5. The molecule has 0 saturated carbocycles. The zero-order chi connectivity index (χ0) is 9.23. The summed E-state index contributed by atoms with van der Waals surface area (Å²) in [5, 5.41) is 9.07. The molecule has 1 N–H and O–H groups in total. The third kappa shape index (κ3) is 6.79. The highest BCUT2D eigenvalue weighted by atomic mass is 79.9. The van der Waals surface area contributed by atoms with Crippen LogP contribution in [0.15, 0.2) is 12.2 Å². The number of ether oxygens (including phenoxy) is 2. The third-order valence-electron chi connectivity index (χ3n) is 1.13. The van der Waals surface area contributed by atoms with Gasteiger partial charge in [-0.25, -0.2) is 0 Å². The van der Waals surface area contributed by atoms with Crippen LogP contribution in [0.2, 0.25) is 0 Å². The van der Waals surface area contributed by atoms with Gasteiger partial charge in [0.05, 0.1) is 18.5 Å². The van der Waals surface area contributed by atoms with Crippen molar-refractivity contribution in [2.24, 2.45) is 0 Å². The number of hydrogen-bond acceptors (Lipinski definition) is 3. The van der Waals surface area contributed by atoms with Gasteiger partial charge in [0.15, 0.2) is 6.29 Å². The summed E-state index contributed by atoms with van der Waals surface area (Å²) in [5.41, 5.74) is 0. The molecule has 0 rings (SSSR count). The fourth-order valence-electron chi connectivity index (χ4n) is 0.629. The number of aliphatic hydroxyl groups excluding tert-OH is 1. The molecule has 0 bridgehead atoms. The maximum Gasteiger partial charge on any atom is 0.167 e. The zero-order valence-electron chi connectivity index (χ0n) is 7.20. The van der Waals surface area contributed by atoms with E-state index >= 15 is 0 Å². The van der Waals surface area contributed by atoms with Gasteiger partial charge >= 0.3 is 0 Å². The van der Waals surface area contributed by atoms with Crippen LogP contribution in [-0.4, -0.2) is 36.5 Å². The second-order valence-corrected chi connectivity index (χ2v) is 2.67. The van der Waals surface area contributed by atoms with Gasteiger partial charge in [-0.2, -0.15) is 0 Å². The van der Waals surface area contributed by atoms with Crippen LogP contribution < -0.4 is 0 Å². The first-order valence-electron chi connectivity index (χ1n) is 3.90. The van der Waals surface area contributed by atoms with Gasteiger partial charge < -0.3 is 14.6 Å². The first-order chi connectivity index (χ1) is 5.85. The van der Waals surface area contributed by atoms with Gasteiger partial charge in [0.1, 0.15) is 0 Å². The largest absolute Gasteiger partial charge is 0.392 e. The molecule has 0 heterocycles. The van der Waals surface area contributed by atoms with E-state index in [0.717, 1.165) is 0 Å². The molecule has 4 heteroatoms. The molecule has 72 valence electrons. The average Bonchev–Trinajstić information content (AvgIpc) is 2.10. The molecule has 12 heavy (non-hydrogen) atoms. The van der Waals surface area contributed by atoms with Crippen LogP contribution in [0.1, 0.15) is 6.92 Å². The van der Waals surface area contributed by atoms with Crippen molar-refractivity contribution in [3.05, 3.63) is 12.2 Å². The Morgan fingerprint density at radius 2 is 2.17 bits per heavy atom. The highest BCUT2D eigenvalue weighted by molar-refractivity contribution is 9.09. The summed E-state index contributed by atoms with van der Waals surface area (Å²) in [6, 6.07) is 0. The van der Waals surface area contributed by atoms with Gasteiger partial charge in [0.25, 0.3) is 0 Å². The fraction of sp³-hybridized carbons (Fsp3) is 0.750. The molecule has 1 atom stereocenters. The summed E-state index contributed by atoms with van der Waals surface area (Å²) in [6.07, 6.45) is 3.20. The van der Waals surface area contributed by atoms with Gasteiger partial charge in [-0.15, -0.1) is 0 Å². The topological polar surface area (TPSA) is 38.7 Å². The molecule has 0 spiro atoms. The van der Waals surface area contributed by atoms with Crippen LogP contribution in [0.25, 0.3) is 0 Å². The molecule has 0 aromatic rings. The van der Waals surface area contributed by atoms with Crippen molar-refractivity contribution in [2.45, 2.75) is 13.2 Å². The summed E-state index contributed by atoms with van der Waals surface area (Å²) >= 11 is 3.26. The van der Waals surface area contributed by atoms with Gasteiger partial charge in [0, 0.05) is 6.61 Å². The zero-order valence-corrected chi connectivity index (χ0v) is 8.79. The van der Waals surface area contributed by atoms with E-state index in [-0.39, 0.29) is 12.9 Å². The molecular weight excluding hydrogens is 224 g/mol. The molecular formula is C8H15BrO3. The standard InChI is InChI=1S/C8H15BrO3/c1-2-11-8(7-9)12-6-4-3-5-10/h3-4,8,10H,2,5-7H2,1H3/b4-3+. The van der Waals surface area contributed by atoms with E-state index in [1.54, 1.807) is 12.2 Å². The van der Waals surface area contributed by atoms with Crippen LogP contribution in [0.3, 0.4) is 0 Å². The molecule has 0 fully saturated rings. The second-order valence-electron chi connectivity index (χ2n) is 2.03. The number of rotatable bonds is 7. The van der Waals surface area contributed by atoms with Crippen LogP contribution >= 0.6 is 15.9 Å². The molecule has 0 saturated heterocycles. The lowest BCUT2D eigenvalue weighted by Crippen LogP contribution is -2.18. The van der Waals surface area contributed by atoms with Crippen LogP contribution in [0, 0.1) is 0 Å². The van der Waals surface area contributed by atoms with Crippen molar-refractivity contribution in [1.29, 1.82) is 0 Å². The maximum absolute atomic E-state index is 8.41. The Labute approximate surface area is 81.5 Å². The Bertz CT molecular complexity index is 117. The fourth-order valence-corrected chi connectivity index (χ4v) is 1.00. The molecule has 0 aromatic heterocycles. The summed E-state index contributed by atoms with van der Waals surface area (Å²) in [5.74, 6) is 0. The minimum atomic E-state index is -0.196. The monoisotopic (exact) mass is 238 g/mol. The summed E-state index contributed by atoms with van der Waals surface area (Å²) < 4.78 is 10.5. The van der Waals surface area contributed by atoms with E-state index in [1.807, 2.05) is 6.92 Å². The van der Waals surface area contributed by atoms with Gasteiger partial charge in [-0.05, 0) is 6.92 Å². The van der Waals surface area contributed by atoms with Gasteiger partial charge in [-0.3, -0.25) is 0 Å². The summed E-state index contributed by atoms with van der Waals surface area (Å²) in [4.78, 5) is 0. The van der Waals surface area contributed by atoms with Crippen molar-refractivity contribution < 1.29 is 14.6 Å². The number of halogens is 1. The lowest BCUT2D eigenvalue weighted by molar-refractivity contribution is -0.114. The Morgan fingerprint density at radius 3 is 2.67 bits per heavy atom. The summed E-state index contributed by atoms with van der Waals surface area (Å²) in [7, 11) is 0. The predicted octanol–water partition coefficient (Wildman–Crippen LogP) is 1.31. The van der Waals surface area contributed by atoms with E-state index in [4.69, 9.17) is 14.6 Å². The predicted molar refractivity (Wildman–Crippen MR) is 51.4 cm³/mol. The van der Waals surface area contributed by atoms with Crippen LogP contribution in [0.4, 0.5) is 0 Å². The summed E-state index contributed by atoms with van der Waals surface area (Å²) in [6.45, 7) is 3.08. The van der Waals surface area contributed by atoms with Crippen molar-refractivity contribution in [1.82, 2.24) is 0 Å². The SMILES string of the molecule is CCOC(CBr)OC/C=C/CO. The van der Waals surface area contributed by atoms with Crippen molar-refractivity contribution in [3.63, 3.8) is 0 Å². The molecule has 0 radical (unpaired) electrons. The number of aliphatic hydroxyl groups is 1. The lowest BCUT2D eigenvalue weighted by Gasteiger charge is -2.13. The Kier molecular flexibility index (Phi) is 9.27. The van der Waals surface area contributed by atoms with E-state index in [2.05, 4.69) is 15.9 Å². The second kappa shape index (κ2) is 9.19. The minimum absolute atomic E-state index is 0.0526. The Hall–Kier alpha value is 0.100. The smallest absolute Gasteiger partial charge is 0.167 e. The Balaban J connectivity index is 3.37. The first kappa shape index (κ1) is 12.1. The Morgan fingerprint density at radius 1 is 1.42 bits per heavy atom. The maximum atomic E-state index is 8.41. The van der Waals surface area contributed by atoms with E-state index in [1.165, 1.54) is 0 Å². The molecule has 1 unspecified atom stereocenters. The molecule has 0 aliphatic carbocycles. The quantitative estimate of drug-likeness (QED) is 0.413. The van der Waals surface area contributed by atoms with Gasteiger partial charge in [0.2, 0.25) is 0 Å². The molecule has 0 amide bonds. The van der Waals surface area contributed by atoms with E-state index < -0.39 is 0 Å². The third-order valence-corrected chi connectivity index (χ3v) is 1.66. The molecule has 0 aliphatic heterocycles. The normalized spacial score (nSPS) is 13.9. The molecule has 3 nitrogen and oxygen atoms in total. The van der Waals surface area contributed by atoms with Crippen molar-refractivity contribution in [3.8, 4) is 0 Å². The first-order valence-corrected chi connectivity index (χ1v) is 5.02. The van der Waals surface area contributed by atoms with Crippen molar-refractivity contribution in [2.75, 3.05) is 25.2 Å². The molecule has 0 aliphatic rings. The van der Waals surface area contributed by atoms with E-state index in [0.29, 0.717) is 18.5 Å². The highest BCUT2D eigenvalue weighted by Crippen LogP contribution is 1.99. The van der Waals surface area contributed by atoms with Crippen molar-refractivity contribution >= 4 is 15.9 Å². The average molecular weight is 239 g/mol. The van der Waals surface area contributed by atoms with E-state index in [9.17, 15) is 0 Å². The van der Waals surface area contributed by atoms with Gasteiger partial charge in [-0.1, -0.05) is 28.1 Å². The number of alkyl halides is 1. The molecule has 0 aromatic carbocycles. The number of hydrogen-bond donors (Lipinski definition) is 1. The van der Waals surface area contributed by atoms with Crippen LogP contribution in [-0.2, 0) is 9.47 Å². The highest BCUT2D eigenvalue weighted by Gasteiger charge is 2.03.